The minimum Gasteiger partial charge on any atom is -0.322 e. The van der Waals surface area contributed by atoms with E-state index in [-0.39, 0.29) is 11.7 Å². The molecule has 0 heterocycles. The van der Waals surface area contributed by atoms with Crippen molar-refractivity contribution in [3.8, 4) is 0 Å². The number of carbonyl (C=O) groups excluding carboxylic acids is 2. The largest absolute Gasteiger partial charge is 0.322 e. The average molecular weight is 332 g/mol. The Morgan fingerprint density at radius 3 is 2.50 bits per heavy atom. The van der Waals surface area contributed by atoms with E-state index in [9.17, 15) is 9.59 Å². The van der Waals surface area contributed by atoms with Gasteiger partial charge in [-0.25, -0.2) is 0 Å². The minimum absolute atomic E-state index is 0.0300. The summed E-state index contributed by atoms with van der Waals surface area (Å²) in [5, 5.41) is 2.79. The number of halogens is 1. The van der Waals surface area contributed by atoms with Crippen LogP contribution in [-0.2, 0) is 0 Å². The first kappa shape index (κ1) is 14.5. The van der Waals surface area contributed by atoms with Crippen LogP contribution in [0.25, 0.3) is 0 Å². The van der Waals surface area contributed by atoms with E-state index in [0.29, 0.717) is 16.8 Å². The Morgan fingerprint density at radius 2 is 1.85 bits per heavy atom. The SMILES string of the molecule is CC(=O)c1cccc(NC(=O)c2ccc(C)cc2Br)c1. The zero-order valence-corrected chi connectivity index (χ0v) is 12.8. The summed E-state index contributed by atoms with van der Waals surface area (Å²) in [6.07, 6.45) is 0. The van der Waals surface area contributed by atoms with Crippen molar-refractivity contribution in [1.82, 2.24) is 0 Å². The van der Waals surface area contributed by atoms with Gasteiger partial charge < -0.3 is 5.32 Å². The van der Waals surface area contributed by atoms with Gasteiger partial charge in [0.2, 0.25) is 0 Å². The summed E-state index contributed by atoms with van der Waals surface area (Å²) in [5.41, 5.74) is 2.82. The quantitative estimate of drug-likeness (QED) is 0.856. The molecule has 0 aliphatic carbocycles. The van der Waals surface area contributed by atoms with Crippen molar-refractivity contribution < 1.29 is 9.59 Å². The van der Waals surface area contributed by atoms with Crippen LogP contribution in [0, 0.1) is 6.92 Å². The van der Waals surface area contributed by atoms with Crippen LogP contribution in [0.15, 0.2) is 46.9 Å². The summed E-state index contributed by atoms with van der Waals surface area (Å²) in [7, 11) is 0. The fourth-order valence-electron chi connectivity index (χ4n) is 1.82. The molecular weight excluding hydrogens is 318 g/mol. The fraction of sp³-hybridized carbons (Fsp3) is 0.125. The van der Waals surface area contributed by atoms with E-state index in [1.165, 1.54) is 6.92 Å². The molecule has 102 valence electrons. The second-order valence-electron chi connectivity index (χ2n) is 4.57. The summed E-state index contributed by atoms with van der Waals surface area (Å²) in [6.45, 7) is 3.46. The molecule has 0 saturated heterocycles. The summed E-state index contributed by atoms with van der Waals surface area (Å²) >= 11 is 3.38. The lowest BCUT2D eigenvalue weighted by Crippen LogP contribution is -2.13. The molecule has 0 unspecified atom stereocenters. The molecule has 0 aliphatic heterocycles. The maximum atomic E-state index is 12.2. The molecule has 4 heteroatoms. The molecule has 2 aromatic rings. The average Bonchev–Trinajstić information content (AvgIpc) is 2.38. The second kappa shape index (κ2) is 6.01. The maximum absolute atomic E-state index is 12.2. The van der Waals surface area contributed by atoms with E-state index in [1.54, 1.807) is 30.3 Å². The van der Waals surface area contributed by atoms with Crippen molar-refractivity contribution in [2.24, 2.45) is 0 Å². The minimum atomic E-state index is -0.211. The summed E-state index contributed by atoms with van der Waals surface area (Å²) < 4.78 is 0.748. The van der Waals surface area contributed by atoms with Gasteiger partial charge in [0.05, 0.1) is 5.56 Å². The van der Waals surface area contributed by atoms with E-state index in [4.69, 9.17) is 0 Å². The highest BCUT2D eigenvalue weighted by Crippen LogP contribution is 2.20. The van der Waals surface area contributed by atoms with Crippen LogP contribution in [0.4, 0.5) is 5.69 Å². The van der Waals surface area contributed by atoms with Gasteiger partial charge in [-0.1, -0.05) is 18.2 Å². The lowest BCUT2D eigenvalue weighted by atomic mass is 10.1. The lowest BCUT2D eigenvalue weighted by Gasteiger charge is -2.08. The highest BCUT2D eigenvalue weighted by atomic mass is 79.9. The van der Waals surface area contributed by atoms with Crippen LogP contribution >= 0.6 is 15.9 Å². The number of aryl methyl sites for hydroxylation is 1. The Balaban J connectivity index is 2.23. The van der Waals surface area contributed by atoms with Gasteiger partial charge in [0, 0.05) is 15.7 Å². The van der Waals surface area contributed by atoms with Gasteiger partial charge in [-0.3, -0.25) is 9.59 Å². The molecule has 0 fully saturated rings. The number of hydrogen-bond donors (Lipinski definition) is 1. The monoisotopic (exact) mass is 331 g/mol. The highest BCUT2D eigenvalue weighted by Gasteiger charge is 2.10. The Bertz CT molecular complexity index is 680. The van der Waals surface area contributed by atoms with Crippen LogP contribution in [0.5, 0.6) is 0 Å². The van der Waals surface area contributed by atoms with E-state index in [2.05, 4.69) is 21.2 Å². The standard InChI is InChI=1S/C16H14BrNO2/c1-10-6-7-14(15(17)8-10)16(20)18-13-5-3-4-12(9-13)11(2)19/h3-9H,1-2H3,(H,18,20). The summed E-state index contributed by atoms with van der Waals surface area (Å²) in [4.78, 5) is 23.5. The third-order valence-electron chi connectivity index (χ3n) is 2.90. The number of carbonyl (C=O) groups is 2. The Labute approximate surface area is 126 Å². The smallest absolute Gasteiger partial charge is 0.256 e. The van der Waals surface area contributed by atoms with Crippen molar-refractivity contribution in [1.29, 1.82) is 0 Å². The molecule has 3 nitrogen and oxygen atoms in total. The van der Waals surface area contributed by atoms with Crippen LogP contribution in [-0.4, -0.2) is 11.7 Å². The third kappa shape index (κ3) is 3.33. The van der Waals surface area contributed by atoms with Crippen LogP contribution in [0.3, 0.4) is 0 Å². The number of Topliss-reactive ketones (excluding diaryl/α,β-unsaturated/α-hetero) is 1. The van der Waals surface area contributed by atoms with Crippen LogP contribution in [0.1, 0.15) is 33.2 Å². The third-order valence-corrected chi connectivity index (χ3v) is 3.55. The molecule has 0 spiro atoms. The number of anilines is 1. The topological polar surface area (TPSA) is 46.2 Å². The van der Waals surface area contributed by atoms with E-state index in [1.807, 2.05) is 19.1 Å². The van der Waals surface area contributed by atoms with Gasteiger partial charge in [-0.2, -0.15) is 0 Å². The number of ketones is 1. The fourth-order valence-corrected chi connectivity index (χ4v) is 2.49. The molecule has 0 aliphatic rings. The Hall–Kier alpha value is -1.94. The number of nitrogens with one attached hydrogen (secondary N) is 1. The molecular formula is C16H14BrNO2. The summed E-state index contributed by atoms with van der Waals surface area (Å²) in [6, 6.07) is 12.4. The molecule has 0 atom stereocenters. The van der Waals surface area contributed by atoms with Crippen molar-refractivity contribution in [2.45, 2.75) is 13.8 Å². The van der Waals surface area contributed by atoms with Crippen molar-refractivity contribution in [3.63, 3.8) is 0 Å². The molecule has 2 rings (SSSR count). The van der Waals surface area contributed by atoms with Gasteiger partial charge >= 0.3 is 0 Å². The van der Waals surface area contributed by atoms with Gasteiger partial charge in [-0.15, -0.1) is 0 Å². The summed E-state index contributed by atoms with van der Waals surface area (Å²) in [5.74, 6) is -0.241. The second-order valence-corrected chi connectivity index (χ2v) is 5.43. The number of amides is 1. The lowest BCUT2D eigenvalue weighted by molar-refractivity contribution is 0.101. The Kier molecular flexibility index (Phi) is 4.35. The van der Waals surface area contributed by atoms with E-state index >= 15 is 0 Å². The first-order valence-electron chi connectivity index (χ1n) is 6.16. The van der Waals surface area contributed by atoms with E-state index in [0.717, 1.165) is 10.0 Å². The predicted molar refractivity (Wildman–Crippen MR) is 83.3 cm³/mol. The van der Waals surface area contributed by atoms with Crippen molar-refractivity contribution in [2.75, 3.05) is 5.32 Å². The highest BCUT2D eigenvalue weighted by molar-refractivity contribution is 9.10. The molecule has 0 radical (unpaired) electrons. The Morgan fingerprint density at radius 1 is 1.10 bits per heavy atom. The molecule has 0 saturated carbocycles. The van der Waals surface area contributed by atoms with Crippen molar-refractivity contribution in [3.05, 3.63) is 63.6 Å². The molecule has 0 aromatic heterocycles. The first-order chi connectivity index (χ1) is 9.47. The number of rotatable bonds is 3. The molecule has 2 aromatic carbocycles. The zero-order chi connectivity index (χ0) is 14.7. The molecule has 1 amide bonds. The zero-order valence-electron chi connectivity index (χ0n) is 11.2. The van der Waals surface area contributed by atoms with Crippen molar-refractivity contribution >= 4 is 33.3 Å². The van der Waals surface area contributed by atoms with E-state index < -0.39 is 0 Å². The van der Waals surface area contributed by atoms with Gasteiger partial charge in [0.1, 0.15) is 0 Å². The van der Waals surface area contributed by atoms with Crippen LogP contribution < -0.4 is 5.32 Å². The van der Waals surface area contributed by atoms with Gasteiger partial charge in [0.25, 0.3) is 5.91 Å². The normalized spacial score (nSPS) is 10.2. The first-order valence-corrected chi connectivity index (χ1v) is 6.95. The predicted octanol–water partition coefficient (Wildman–Crippen LogP) is 4.21. The maximum Gasteiger partial charge on any atom is 0.256 e. The van der Waals surface area contributed by atoms with Gasteiger partial charge in [-0.05, 0) is 59.6 Å². The molecule has 1 N–H and O–H groups in total. The number of benzene rings is 2. The molecule has 20 heavy (non-hydrogen) atoms. The van der Waals surface area contributed by atoms with Crippen LogP contribution in [0.2, 0.25) is 0 Å². The number of hydrogen-bond acceptors (Lipinski definition) is 2. The van der Waals surface area contributed by atoms with Gasteiger partial charge in [0.15, 0.2) is 5.78 Å². The molecule has 0 bridgehead atoms.